The third-order valence-corrected chi connectivity index (χ3v) is 5.45. The maximum absolute atomic E-state index is 6.23. The van der Waals surface area contributed by atoms with Crippen LogP contribution in [0.15, 0.2) is 65.3 Å². The van der Waals surface area contributed by atoms with E-state index < -0.39 is 0 Å². The molecule has 1 aliphatic heterocycles. The van der Waals surface area contributed by atoms with Crippen molar-refractivity contribution in [2.45, 2.75) is 25.8 Å². The maximum atomic E-state index is 6.23. The number of nitrogens with zero attached hydrogens (tertiary/aromatic N) is 2. The van der Waals surface area contributed by atoms with Gasteiger partial charge in [0.25, 0.3) is 0 Å². The number of benzene rings is 2. The highest BCUT2D eigenvalue weighted by molar-refractivity contribution is 6.33. The molecule has 0 atom stereocenters. The van der Waals surface area contributed by atoms with Crippen molar-refractivity contribution in [3.63, 3.8) is 0 Å². The van der Waals surface area contributed by atoms with E-state index in [0.29, 0.717) is 10.9 Å². The number of hydrogen-bond acceptors (Lipinski definition) is 3. The van der Waals surface area contributed by atoms with Gasteiger partial charge < -0.3 is 4.42 Å². The number of oxazole rings is 1. The molecule has 3 nitrogen and oxygen atoms in total. The highest BCUT2D eigenvalue weighted by Crippen LogP contribution is 2.28. The third-order valence-electron chi connectivity index (χ3n) is 5.12. The minimum Gasteiger partial charge on any atom is -0.444 e. The van der Waals surface area contributed by atoms with Gasteiger partial charge in [0.2, 0.25) is 5.89 Å². The molecule has 1 aromatic heterocycles. The van der Waals surface area contributed by atoms with Crippen LogP contribution in [0.1, 0.15) is 24.1 Å². The van der Waals surface area contributed by atoms with Gasteiger partial charge in [-0.2, -0.15) is 0 Å². The molecule has 2 heterocycles. The molecule has 142 valence electrons. The first-order chi connectivity index (χ1) is 12.8. The first-order valence-electron chi connectivity index (χ1n) is 9.23. The Morgan fingerprint density at radius 1 is 1.00 bits per heavy atom. The summed E-state index contributed by atoms with van der Waals surface area (Å²) in [6.07, 6.45) is 5.43. The Morgan fingerprint density at radius 2 is 1.70 bits per heavy atom. The Labute approximate surface area is 171 Å². The molecule has 0 bridgehead atoms. The number of piperidine rings is 1. The van der Waals surface area contributed by atoms with Crippen LogP contribution in [0.5, 0.6) is 0 Å². The summed E-state index contributed by atoms with van der Waals surface area (Å²) in [4.78, 5) is 7.10. The van der Waals surface area contributed by atoms with Crippen molar-refractivity contribution >= 4 is 24.0 Å². The van der Waals surface area contributed by atoms with Gasteiger partial charge >= 0.3 is 0 Å². The Balaban J connectivity index is 0.00000210. The Morgan fingerprint density at radius 3 is 2.44 bits per heavy atom. The minimum atomic E-state index is 0. The van der Waals surface area contributed by atoms with Crippen LogP contribution in [-0.4, -0.2) is 23.0 Å². The van der Waals surface area contributed by atoms with Gasteiger partial charge in [-0.05, 0) is 56.0 Å². The molecular weight excluding hydrogens is 379 g/mol. The van der Waals surface area contributed by atoms with Crippen LogP contribution in [0.2, 0.25) is 5.02 Å². The molecule has 1 saturated heterocycles. The van der Waals surface area contributed by atoms with E-state index in [1.54, 1.807) is 6.26 Å². The van der Waals surface area contributed by atoms with Gasteiger partial charge in [0, 0.05) is 6.54 Å². The summed E-state index contributed by atoms with van der Waals surface area (Å²) >= 11 is 6.23. The SMILES string of the molecule is Cl.Clc1ccccc1-c1nc(CN2CCC(Cc3ccccc3)CC2)co1. The normalized spacial score (nSPS) is 15.4. The standard InChI is InChI=1S/C22H23ClN2O.ClH/c23-21-9-5-4-8-20(21)22-24-19(16-26-22)15-25-12-10-18(11-13-25)14-17-6-2-1-3-7-17;/h1-9,16,18H,10-15H2;1H. The lowest BCUT2D eigenvalue weighted by Crippen LogP contribution is -2.33. The highest BCUT2D eigenvalue weighted by atomic mass is 35.5. The van der Waals surface area contributed by atoms with Crippen molar-refractivity contribution in [2.24, 2.45) is 5.92 Å². The lowest BCUT2D eigenvalue weighted by molar-refractivity contribution is 0.175. The van der Waals surface area contributed by atoms with Crippen LogP contribution < -0.4 is 0 Å². The second kappa shape index (κ2) is 9.41. The Hall–Kier alpha value is -1.81. The predicted molar refractivity (Wildman–Crippen MR) is 112 cm³/mol. The summed E-state index contributed by atoms with van der Waals surface area (Å²) in [5.74, 6) is 1.38. The maximum Gasteiger partial charge on any atom is 0.227 e. The van der Waals surface area contributed by atoms with Gasteiger partial charge in [0.05, 0.1) is 16.3 Å². The molecule has 27 heavy (non-hydrogen) atoms. The van der Waals surface area contributed by atoms with Crippen LogP contribution in [0.3, 0.4) is 0 Å². The van der Waals surface area contributed by atoms with Crippen molar-refractivity contribution < 1.29 is 4.42 Å². The van der Waals surface area contributed by atoms with Crippen molar-refractivity contribution in [1.29, 1.82) is 0 Å². The van der Waals surface area contributed by atoms with E-state index in [1.165, 1.54) is 24.8 Å². The molecule has 3 aromatic rings. The zero-order chi connectivity index (χ0) is 17.8. The van der Waals surface area contributed by atoms with Crippen molar-refractivity contribution in [1.82, 2.24) is 9.88 Å². The molecule has 0 saturated carbocycles. The number of likely N-dealkylation sites (tertiary alicyclic amines) is 1. The summed E-state index contributed by atoms with van der Waals surface area (Å²) in [6.45, 7) is 3.07. The molecule has 4 rings (SSSR count). The molecule has 0 spiro atoms. The summed E-state index contributed by atoms with van der Waals surface area (Å²) in [7, 11) is 0. The van der Waals surface area contributed by atoms with E-state index in [9.17, 15) is 0 Å². The summed E-state index contributed by atoms with van der Waals surface area (Å²) in [5.41, 5.74) is 3.27. The molecule has 0 amide bonds. The Kier molecular flexibility index (Phi) is 6.95. The minimum absolute atomic E-state index is 0. The van der Waals surface area contributed by atoms with Gasteiger partial charge in [0.1, 0.15) is 6.26 Å². The summed E-state index contributed by atoms with van der Waals surface area (Å²) < 4.78 is 5.65. The Bertz CT molecular complexity index is 842. The number of hydrogen-bond donors (Lipinski definition) is 0. The lowest BCUT2D eigenvalue weighted by Gasteiger charge is -2.31. The highest BCUT2D eigenvalue weighted by Gasteiger charge is 2.20. The van der Waals surface area contributed by atoms with E-state index in [0.717, 1.165) is 36.8 Å². The fraction of sp³-hybridized carbons (Fsp3) is 0.318. The van der Waals surface area contributed by atoms with E-state index in [4.69, 9.17) is 16.0 Å². The van der Waals surface area contributed by atoms with Crippen LogP contribution in [0.25, 0.3) is 11.5 Å². The number of aromatic nitrogens is 1. The zero-order valence-corrected chi connectivity index (χ0v) is 16.8. The fourth-order valence-electron chi connectivity index (χ4n) is 3.66. The fourth-order valence-corrected chi connectivity index (χ4v) is 3.88. The third kappa shape index (κ3) is 5.13. The van der Waals surface area contributed by atoms with Gasteiger partial charge in [-0.15, -0.1) is 12.4 Å². The van der Waals surface area contributed by atoms with Crippen molar-refractivity contribution in [3.05, 3.63) is 77.1 Å². The van der Waals surface area contributed by atoms with Gasteiger partial charge in [0.15, 0.2) is 0 Å². The molecule has 1 aliphatic rings. The van der Waals surface area contributed by atoms with Gasteiger partial charge in [-0.3, -0.25) is 4.90 Å². The molecule has 1 fully saturated rings. The average molecular weight is 403 g/mol. The van der Waals surface area contributed by atoms with Crippen LogP contribution in [-0.2, 0) is 13.0 Å². The largest absolute Gasteiger partial charge is 0.444 e. The van der Waals surface area contributed by atoms with Crippen molar-refractivity contribution in [3.8, 4) is 11.5 Å². The predicted octanol–water partition coefficient (Wildman–Crippen LogP) is 5.87. The van der Waals surface area contributed by atoms with E-state index in [2.05, 4.69) is 40.2 Å². The topological polar surface area (TPSA) is 29.3 Å². The molecular formula is C22H24Cl2N2O. The van der Waals surface area contributed by atoms with Gasteiger partial charge in [-0.1, -0.05) is 54.1 Å². The van der Waals surface area contributed by atoms with Gasteiger partial charge in [-0.25, -0.2) is 4.98 Å². The van der Waals surface area contributed by atoms with Crippen molar-refractivity contribution in [2.75, 3.05) is 13.1 Å². The summed E-state index contributed by atoms with van der Waals surface area (Å²) in [6, 6.07) is 18.5. The van der Waals surface area contributed by atoms with E-state index in [1.807, 2.05) is 24.3 Å². The first kappa shape index (κ1) is 19.9. The smallest absolute Gasteiger partial charge is 0.227 e. The number of halogens is 2. The molecule has 5 heteroatoms. The monoisotopic (exact) mass is 402 g/mol. The number of rotatable bonds is 5. The zero-order valence-electron chi connectivity index (χ0n) is 15.2. The van der Waals surface area contributed by atoms with E-state index in [-0.39, 0.29) is 12.4 Å². The van der Waals surface area contributed by atoms with E-state index >= 15 is 0 Å². The molecule has 0 aliphatic carbocycles. The molecule has 0 N–H and O–H groups in total. The second-order valence-corrected chi connectivity index (χ2v) is 7.44. The lowest BCUT2D eigenvalue weighted by atomic mass is 9.90. The summed E-state index contributed by atoms with van der Waals surface area (Å²) in [5, 5.41) is 0.669. The van der Waals surface area contributed by atoms with Crippen LogP contribution >= 0.6 is 24.0 Å². The molecule has 2 aromatic carbocycles. The average Bonchev–Trinajstić information content (AvgIpc) is 3.13. The first-order valence-corrected chi connectivity index (χ1v) is 9.61. The van der Waals surface area contributed by atoms with Crippen LogP contribution in [0.4, 0.5) is 0 Å². The molecule has 0 radical (unpaired) electrons. The van der Waals surface area contributed by atoms with Crippen LogP contribution in [0, 0.1) is 5.92 Å². The second-order valence-electron chi connectivity index (χ2n) is 7.03. The quantitative estimate of drug-likeness (QED) is 0.534. The molecule has 0 unspecified atom stereocenters.